The van der Waals surface area contributed by atoms with Gasteiger partial charge in [-0.3, -0.25) is 4.79 Å². The summed E-state index contributed by atoms with van der Waals surface area (Å²) in [5, 5.41) is 0. The number of nitrogens with zero attached hydrogens (tertiary/aromatic N) is 1. The molecule has 0 bridgehead atoms. The minimum atomic E-state index is 0. The number of carbonyl (C=O) groups is 1. The topological polar surface area (TPSA) is 46.3 Å². The van der Waals surface area contributed by atoms with E-state index in [2.05, 4.69) is 11.8 Å². The Labute approximate surface area is 126 Å². The Morgan fingerprint density at radius 2 is 2.05 bits per heavy atom. The van der Waals surface area contributed by atoms with Crippen molar-refractivity contribution in [1.82, 2.24) is 4.90 Å². The fourth-order valence-electron chi connectivity index (χ4n) is 3.88. The Morgan fingerprint density at radius 3 is 2.80 bits per heavy atom. The van der Waals surface area contributed by atoms with Crippen LogP contribution >= 0.6 is 12.4 Å². The second kappa shape index (κ2) is 6.04. The van der Waals surface area contributed by atoms with Crippen molar-refractivity contribution in [3.8, 4) is 0 Å². The van der Waals surface area contributed by atoms with E-state index in [1.54, 1.807) is 6.07 Å². The van der Waals surface area contributed by atoms with Crippen molar-refractivity contribution in [3.63, 3.8) is 0 Å². The third-order valence-corrected chi connectivity index (χ3v) is 4.71. The zero-order chi connectivity index (χ0) is 13.4. The van der Waals surface area contributed by atoms with Gasteiger partial charge in [-0.25, -0.2) is 0 Å². The molecule has 1 aromatic rings. The molecule has 1 heterocycles. The number of carbonyl (C=O) groups excluding carboxylic acids is 1. The van der Waals surface area contributed by atoms with E-state index in [1.807, 2.05) is 18.2 Å². The predicted octanol–water partition coefficient (Wildman–Crippen LogP) is 3.48. The number of hydrogen-bond acceptors (Lipinski definition) is 2. The van der Waals surface area contributed by atoms with Gasteiger partial charge in [0.2, 0.25) is 0 Å². The molecule has 0 aromatic heterocycles. The molecule has 3 rings (SSSR count). The summed E-state index contributed by atoms with van der Waals surface area (Å²) >= 11 is 0. The highest BCUT2D eigenvalue weighted by Gasteiger charge is 2.42. The predicted molar refractivity (Wildman–Crippen MR) is 84.1 cm³/mol. The third kappa shape index (κ3) is 2.64. The lowest BCUT2D eigenvalue weighted by atomic mass is 9.85. The van der Waals surface area contributed by atoms with Gasteiger partial charge in [0.05, 0.1) is 0 Å². The number of likely N-dealkylation sites (tertiary alicyclic amines) is 1. The van der Waals surface area contributed by atoms with Gasteiger partial charge in [-0.15, -0.1) is 12.4 Å². The van der Waals surface area contributed by atoms with E-state index in [4.69, 9.17) is 5.73 Å². The quantitative estimate of drug-likeness (QED) is 0.806. The van der Waals surface area contributed by atoms with Crippen LogP contribution in [0, 0.1) is 5.92 Å². The lowest BCUT2D eigenvalue weighted by Crippen LogP contribution is -2.42. The van der Waals surface area contributed by atoms with Crippen LogP contribution in [0.3, 0.4) is 0 Å². The molecule has 1 aliphatic heterocycles. The van der Waals surface area contributed by atoms with Crippen LogP contribution in [0.5, 0.6) is 0 Å². The molecule has 1 saturated heterocycles. The van der Waals surface area contributed by atoms with Crippen LogP contribution in [-0.4, -0.2) is 22.9 Å². The standard InChI is InChI=1S/C16H22N2O.ClH/c1-11-9-12-5-2-3-8-15(12)18(11)16(19)13-6-4-7-14(17)10-13;/h4,6-7,10-12,15H,2-3,5,8-9,17H2,1H3;1H. The van der Waals surface area contributed by atoms with Crippen molar-refractivity contribution in [2.24, 2.45) is 5.92 Å². The lowest BCUT2D eigenvalue weighted by molar-refractivity contribution is 0.0633. The Morgan fingerprint density at radius 1 is 1.30 bits per heavy atom. The fraction of sp³-hybridized carbons (Fsp3) is 0.562. The number of nitrogen functional groups attached to an aromatic ring is 1. The van der Waals surface area contributed by atoms with Crippen LogP contribution in [0.1, 0.15) is 49.4 Å². The molecule has 3 nitrogen and oxygen atoms in total. The molecule has 2 N–H and O–H groups in total. The van der Waals surface area contributed by atoms with E-state index >= 15 is 0 Å². The molecule has 2 fully saturated rings. The molecule has 0 spiro atoms. The van der Waals surface area contributed by atoms with Crippen molar-refractivity contribution in [2.75, 3.05) is 5.73 Å². The first-order valence-corrected chi connectivity index (χ1v) is 7.35. The number of amides is 1. The van der Waals surface area contributed by atoms with Crippen molar-refractivity contribution < 1.29 is 4.79 Å². The molecule has 1 saturated carbocycles. The van der Waals surface area contributed by atoms with Crippen molar-refractivity contribution in [3.05, 3.63) is 29.8 Å². The highest BCUT2D eigenvalue weighted by Crippen LogP contribution is 2.40. The molecule has 20 heavy (non-hydrogen) atoms. The second-order valence-electron chi connectivity index (χ2n) is 6.03. The second-order valence-corrected chi connectivity index (χ2v) is 6.03. The summed E-state index contributed by atoms with van der Waals surface area (Å²) in [5.74, 6) is 0.878. The molecule has 1 aromatic carbocycles. The molecule has 3 unspecified atom stereocenters. The van der Waals surface area contributed by atoms with Gasteiger partial charge in [0.1, 0.15) is 0 Å². The van der Waals surface area contributed by atoms with E-state index in [-0.39, 0.29) is 18.3 Å². The Hall–Kier alpha value is -1.22. The highest BCUT2D eigenvalue weighted by molar-refractivity contribution is 5.95. The molecule has 2 aliphatic rings. The zero-order valence-corrected chi connectivity index (χ0v) is 12.7. The van der Waals surface area contributed by atoms with Crippen LogP contribution < -0.4 is 5.73 Å². The average Bonchev–Trinajstić information content (AvgIpc) is 2.74. The van der Waals surface area contributed by atoms with E-state index in [1.165, 1.54) is 32.1 Å². The van der Waals surface area contributed by atoms with Crippen molar-refractivity contribution in [1.29, 1.82) is 0 Å². The SMILES string of the molecule is CC1CC2CCCCC2N1C(=O)c1cccc(N)c1.Cl. The summed E-state index contributed by atoms with van der Waals surface area (Å²) in [6, 6.07) is 8.18. The molecular weight excluding hydrogens is 272 g/mol. The number of anilines is 1. The van der Waals surface area contributed by atoms with Gasteiger partial charge in [0.25, 0.3) is 5.91 Å². The molecule has 3 atom stereocenters. The number of rotatable bonds is 1. The Kier molecular flexibility index (Phi) is 4.59. The monoisotopic (exact) mass is 294 g/mol. The van der Waals surface area contributed by atoms with Crippen molar-refractivity contribution in [2.45, 2.75) is 51.1 Å². The van der Waals surface area contributed by atoms with Crippen LogP contribution in [0.25, 0.3) is 0 Å². The molecule has 1 amide bonds. The largest absolute Gasteiger partial charge is 0.399 e. The van der Waals surface area contributed by atoms with Gasteiger partial charge in [-0.05, 0) is 50.3 Å². The van der Waals surface area contributed by atoms with Gasteiger partial charge in [-0.1, -0.05) is 18.9 Å². The van der Waals surface area contributed by atoms with Gasteiger partial charge in [-0.2, -0.15) is 0 Å². The summed E-state index contributed by atoms with van der Waals surface area (Å²) in [7, 11) is 0. The first-order chi connectivity index (χ1) is 9.16. The van der Waals surface area contributed by atoms with Gasteiger partial charge >= 0.3 is 0 Å². The van der Waals surface area contributed by atoms with E-state index in [9.17, 15) is 4.79 Å². The molecule has 110 valence electrons. The molecule has 1 aliphatic carbocycles. The number of nitrogens with two attached hydrogens (primary N) is 1. The molecule has 0 radical (unpaired) electrons. The zero-order valence-electron chi connectivity index (χ0n) is 11.9. The first kappa shape index (κ1) is 15.2. The van der Waals surface area contributed by atoms with Gasteiger partial charge in [0.15, 0.2) is 0 Å². The summed E-state index contributed by atoms with van der Waals surface area (Å²) in [5.41, 5.74) is 7.19. The smallest absolute Gasteiger partial charge is 0.254 e. The highest BCUT2D eigenvalue weighted by atomic mass is 35.5. The fourth-order valence-corrected chi connectivity index (χ4v) is 3.88. The van der Waals surface area contributed by atoms with Gasteiger partial charge < -0.3 is 10.6 Å². The minimum absolute atomic E-state index is 0. The number of benzene rings is 1. The molecular formula is C16H23ClN2O. The van der Waals surface area contributed by atoms with Crippen LogP contribution in [-0.2, 0) is 0 Å². The summed E-state index contributed by atoms with van der Waals surface area (Å²) in [6.07, 6.45) is 6.21. The van der Waals surface area contributed by atoms with E-state index < -0.39 is 0 Å². The number of hydrogen-bond donors (Lipinski definition) is 1. The molecule has 4 heteroatoms. The summed E-state index contributed by atoms with van der Waals surface area (Å²) < 4.78 is 0. The first-order valence-electron chi connectivity index (χ1n) is 7.35. The van der Waals surface area contributed by atoms with Crippen LogP contribution in [0.15, 0.2) is 24.3 Å². The number of halogens is 1. The normalized spacial score (nSPS) is 28.6. The van der Waals surface area contributed by atoms with Crippen molar-refractivity contribution >= 4 is 24.0 Å². The Balaban J connectivity index is 0.00000147. The lowest BCUT2D eigenvalue weighted by Gasteiger charge is -2.33. The maximum atomic E-state index is 12.7. The van der Waals surface area contributed by atoms with Gasteiger partial charge in [0, 0.05) is 23.3 Å². The number of fused-ring (bicyclic) bond motifs is 1. The maximum absolute atomic E-state index is 12.7. The Bertz CT molecular complexity index is 491. The minimum Gasteiger partial charge on any atom is -0.399 e. The van der Waals surface area contributed by atoms with Crippen LogP contribution in [0.4, 0.5) is 5.69 Å². The summed E-state index contributed by atoms with van der Waals surface area (Å²) in [4.78, 5) is 14.9. The summed E-state index contributed by atoms with van der Waals surface area (Å²) in [6.45, 7) is 2.18. The average molecular weight is 295 g/mol. The van der Waals surface area contributed by atoms with Crippen LogP contribution in [0.2, 0.25) is 0 Å². The van der Waals surface area contributed by atoms with E-state index in [0.717, 1.165) is 5.56 Å². The maximum Gasteiger partial charge on any atom is 0.254 e. The van der Waals surface area contributed by atoms with E-state index in [0.29, 0.717) is 23.7 Å². The third-order valence-electron chi connectivity index (χ3n) is 4.71.